The Balaban J connectivity index is 1.44. The molecule has 1 amide bonds. The van der Waals surface area contributed by atoms with Gasteiger partial charge in [0.1, 0.15) is 11.4 Å². The third kappa shape index (κ3) is 3.54. The zero-order valence-electron chi connectivity index (χ0n) is 16.9. The van der Waals surface area contributed by atoms with Crippen molar-refractivity contribution >= 4 is 15.9 Å². The lowest BCUT2D eigenvalue weighted by Crippen LogP contribution is -2.48. The maximum absolute atomic E-state index is 13.2. The minimum Gasteiger partial charge on any atom is -0.488 e. The smallest absolute Gasteiger partial charge is 0.226 e. The van der Waals surface area contributed by atoms with Crippen molar-refractivity contribution in [3.8, 4) is 5.75 Å². The molecular weight excluding hydrogens is 376 g/mol. The first-order valence-corrected chi connectivity index (χ1v) is 11.9. The molecule has 28 heavy (non-hydrogen) atoms. The van der Waals surface area contributed by atoms with Gasteiger partial charge in [-0.1, -0.05) is 18.2 Å². The van der Waals surface area contributed by atoms with Crippen LogP contribution in [0.15, 0.2) is 24.3 Å². The second-order valence-corrected chi connectivity index (χ2v) is 11.1. The number of piperidine rings is 1. The zero-order valence-corrected chi connectivity index (χ0v) is 17.7. The Labute approximate surface area is 167 Å². The van der Waals surface area contributed by atoms with E-state index in [2.05, 4.69) is 24.6 Å². The molecule has 1 aromatic carbocycles. The van der Waals surface area contributed by atoms with Crippen molar-refractivity contribution < 1.29 is 17.9 Å². The van der Waals surface area contributed by atoms with Crippen LogP contribution in [0, 0.1) is 5.92 Å². The maximum atomic E-state index is 13.2. The van der Waals surface area contributed by atoms with Gasteiger partial charge in [-0.3, -0.25) is 4.79 Å². The van der Waals surface area contributed by atoms with Crippen LogP contribution < -0.4 is 9.46 Å². The molecule has 1 N–H and O–H groups in total. The number of benzene rings is 1. The fourth-order valence-corrected chi connectivity index (χ4v) is 5.96. The van der Waals surface area contributed by atoms with E-state index < -0.39 is 10.0 Å². The molecule has 2 heterocycles. The summed E-state index contributed by atoms with van der Waals surface area (Å²) in [4.78, 5) is 15.2. The number of rotatable bonds is 4. The molecule has 0 radical (unpaired) electrons. The molecule has 1 saturated carbocycles. The lowest BCUT2D eigenvalue weighted by Gasteiger charge is -2.39. The van der Waals surface area contributed by atoms with Crippen LogP contribution in [-0.4, -0.2) is 49.7 Å². The molecular formula is C21H30N2O4S. The Morgan fingerprint density at radius 3 is 2.61 bits per heavy atom. The molecule has 1 saturated heterocycles. The van der Waals surface area contributed by atoms with Crippen LogP contribution >= 0.6 is 0 Å². The van der Waals surface area contributed by atoms with E-state index in [-0.39, 0.29) is 34.6 Å². The van der Waals surface area contributed by atoms with E-state index in [1.165, 1.54) is 5.56 Å². The second kappa shape index (κ2) is 6.73. The molecule has 2 fully saturated rings. The number of hydrogen-bond donors (Lipinski definition) is 1. The molecule has 1 aromatic rings. The van der Waals surface area contributed by atoms with Crippen molar-refractivity contribution in [1.29, 1.82) is 0 Å². The van der Waals surface area contributed by atoms with E-state index in [0.29, 0.717) is 25.9 Å². The van der Waals surface area contributed by atoms with Crippen molar-refractivity contribution in [3.63, 3.8) is 0 Å². The van der Waals surface area contributed by atoms with E-state index in [0.717, 1.165) is 18.6 Å². The molecule has 0 bridgehead atoms. The molecule has 0 unspecified atom stereocenters. The van der Waals surface area contributed by atoms with Crippen molar-refractivity contribution in [2.24, 2.45) is 5.92 Å². The van der Waals surface area contributed by atoms with Crippen LogP contribution in [0.5, 0.6) is 5.75 Å². The van der Waals surface area contributed by atoms with Gasteiger partial charge in [0.25, 0.3) is 0 Å². The number of fused-ring (bicyclic) bond motifs is 2. The number of carbonyl (C=O) groups is 1. The number of nitrogens with zero attached hydrogens (tertiary/aromatic N) is 1. The number of para-hydroxylation sites is 1. The summed E-state index contributed by atoms with van der Waals surface area (Å²) in [6, 6.07) is 8.04. The summed E-state index contributed by atoms with van der Waals surface area (Å²) >= 11 is 0. The Hall–Kier alpha value is -1.60. The molecule has 2 atom stereocenters. The molecule has 0 aromatic heterocycles. The lowest BCUT2D eigenvalue weighted by molar-refractivity contribution is -0.134. The number of carbonyl (C=O) groups excluding carboxylic acids is 1. The van der Waals surface area contributed by atoms with E-state index in [4.69, 9.17) is 4.74 Å². The maximum Gasteiger partial charge on any atom is 0.226 e. The van der Waals surface area contributed by atoms with Gasteiger partial charge in [0, 0.05) is 36.0 Å². The van der Waals surface area contributed by atoms with Crippen LogP contribution in [0.25, 0.3) is 0 Å². The third-order valence-corrected chi connectivity index (χ3v) is 7.91. The van der Waals surface area contributed by atoms with Crippen molar-refractivity contribution in [2.45, 2.75) is 63.5 Å². The van der Waals surface area contributed by atoms with Crippen molar-refractivity contribution in [3.05, 3.63) is 29.8 Å². The number of sulfonamides is 1. The minimum absolute atomic E-state index is 0.000656. The second-order valence-electron chi connectivity index (χ2n) is 9.07. The number of hydrogen-bond acceptors (Lipinski definition) is 4. The largest absolute Gasteiger partial charge is 0.488 e. The normalized spacial score (nSPS) is 29.2. The lowest BCUT2D eigenvalue weighted by atomic mass is 9.79. The minimum atomic E-state index is -3.20. The first kappa shape index (κ1) is 19.7. The van der Waals surface area contributed by atoms with Gasteiger partial charge in [-0.25, -0.2) is 13.1 Å². The fourth-order valence-electron chi connectivity index (χ4n) is 5.05. The van der Waals surface area contributed by atoms with E-state index in [1.807, 2.05) is 23.1 Å². The highest BCUT2D eigenvalue weighted by atomic mass is 32.2. The Kier molecular flexibility index (Phi) is 4.74. The van der Waals surface area contributed by atoms with Gasteiger partial charge >= 0.3 is 0 Å². The summed E-state index contributed by atoms with van der Waals surface area (Å²) in [5, 5.41) is 0. The highest BCUT2D eigenvalue weighted by Gasteiger charge is 2.64. The molecule has 1 spiro atoms. The Morgan fingerprint density at radius 2 is 1.93 bits per heavy atom. The van der Waals surface area contributed by atoms with Crippen LogP contribution in [-0.2, 0) is 20.2 Å². The van der Waals surface area contributed by atoms with Gasteiger partial charge < -0.3 is 9.64 Å². The van der Waals surface area contributed by atoms with Crippen molar-refractivity contribution in [1.82, 2.24) is 9.62 Å². The fraction of sp³-hybridized carbons (Fsp3) is 0.667. The number of nitrogens with one attached hydrogen (secondary N) is 1. The van der Waals surface area contributed by atoms with Gasteiger partial charge in [0.2, 0.25) is 15.9 Å². The van der Waals surface area contributed by atoms with Crippen LogP contribution in [0.4, 0.5) is 0 Å². The summed E-state index contributed by atoms with van der Waals surface area (Å²) in [6.07, 6.45) is 3.07. The van der Waals surface area contributed by atoms with Gasteiger partial charge in [0.05, 0.1) is 5.75 Å². The standard InChI is InChI=1S/C21H30N2O4S/c1-4-28(25,26)22-15-9-11-23(12-10-15)19(24)17-13-21(17)14-20(2,3)27-18-8-6-5-7-16(18)21/h5-8,15,17,22H,4,9-14H2,1-3H3/t17-,21+/m1/s1. The predicted molar refractivity (Wildman–Crippen MR) is 108 cm³/mol. The highest BCUT2D eigenvalue weighted by Crippen LogP contribution is 2.63. The Bertz CT molecular complexity index is 874. The van der Waals surface area contributed by atoms with Crippen LogP contribution in [0.1, 0.15) is 52.0 Å². The van der Waals surface area contributed by atoms with E-state index >= 15 is 0 Å². The first-order chi connectivity index (χ1) is 13.2. The number of ether oxygens (including phenoxy) is 1. The topological polar surface area (TPSA) is 75.7 Å². The molecule has 6 nitrogen and oxygen atoms in total. The first-order valence-electron chi connectivity index (χ1n) is 10.2. The predicted octanol–water partition coefficient (Wildman–Crippen LogP) is 2.44. The van der Waals surface area contributed by atoms with Gasteiger partial charge in [0.15, 0.2) is 0 Å². The summed E-state index contributed by atoms with van der Waals surface area (Å²) in [5.41, 5.74) is 0.767. The molecule has 2 aliphatic heterocycles. The molecule has 154 valence electrons. The Morgan fingerprint density at radius 1 is 1.25 bits per heavy atom. The average molecular weight is 407 g/mol. The summed E-state index contributed by atoms with van der Waals surface area (Å²) in [7, 11) is -3.20. The van der Waals surface area contributed by atoms with Crippen LogP contribution in [0.3, 0.4) is 0 Å². The zero-order chi connectivity index (χ0) is 20.2. The average Bonchev–Trinajstić information content (AvgIpc) is 3.34. The van der Waals surface area contributed by atoms with E-state index in [1.54, 1.807) is 6.92 Å². The monoisotopic (exact) mass is 406 g/mol. The number of amides is 1. The van der Waals surface area contributed by atoms with Crippen molar-refractivity contribution in [2.75, 3.05) is 18.8 Å². The quantitative estimate of drug-likeness (QED) is 0.833. The third-order valence-electron chi connectivity index (χ3n) is 6.46. The van der Waals surface area contributed by atoms with Gasteiger partial charge in [-0.2, -0.15) is 0 Å². The summed E-state index contributed by atoms with van der Waals surface area (Å²) in [5.74, 6) is 1.21. The highest BCUT2D eigenvalue weighted by molar-refractivity contribution is 7.89. The molecule has 4 rings (SSSR count). The SMILES string of the molecule is CCS(=O)(=O)NC1CCN(C(=O)[C@H]2C[C@@]23CC(C)(C)Oc2ccccc23)CC1. The van der Waals surface area contributed by atoms with Crippen LogP contribution in [0.2, 0.25) is 0 Å². The molecule has 1 aliphatic carbocycles. The number of likely N-dealkylation sites (tertiary alicyclic amines) is 1. The molecule has 7 heteroatoms. The summed E-state index contributed by atoms with van der Waals surface area (Å²) in [6.45, 7) is 7.06. The van der Waals surface area contributed by atoms with E-state index in [9.17, 15) is 13.2 Å². The molecule has 3 aliphatic rings. The van der Waals surface area contributed by atoms with Gasteiger partial charge in [-0.15, -0.1) is 0 Å². The van der Waals surface area contributed by atoms with Gasteiger partial charge in [-0.05, 0) is 52.5 Å². The summed E-state index contributed by atoms with van der Waals surface area (Å²) < 4.78 is 32.5.